The van der Waals surface area contributed by atoms with Crippen molar-refractivity contribution in [3.8, 4) is 0 Å². The van der Waals surface area contributed by atoms with E-state index in [9.17, 15) is 4.79 Å². The average Bonchev–Trinajstić information content (AvgIpc) is 2.83. The number of carbonyl (C=O) groups excluding carboxylic acids is 1. The first-order chi connectivity index (χ1) is 8.84. The van der Waals surface area contributed by atoms with Crippen LogP contribution in [0.1, 0.15) is 0 Å². The van der Waals surface area contributed by atoms with Crippen molar-refractivity contribution >= 4 is 17.4 Å². The van der Waals surface area contributed by atoms with Gasteiger partial charge in [-0.2, -0.15) is 5.43 Å². The number of amides is 2. The Morgan fingerprint density at radius 1 is 0.842 bits per heavy atom. The summed E-state index contributed by atoms with van der Waals surface area (Å²) >= 11 is 0. The van der Waals surface area contributed by atoms with Gasteiger partial charge in [0.25, 0.3) is 0 Å². The van der Waals surface area contributed by atoms with Crippen LogP contribution >= 0.6 is 0 Å². The van der Waals surface area contributed by atoms with Gasteiger partial charge in [-0.15, -0.1) is 15.7 Å². The highest BCUT2D eigenvalue weighted by molar-refractivity contribution is 5.73. The van der Waals surface area contributed by atoms with Crippen LogP contribution in [0.2, 0.25) is 0 Å². The summed E-state index contributed by atoms with van der Waals surface area (Å²) in [5, 5.41) is 3.51. The Hall–Kier alpha value is -2.57. The maximum Gasteiger partial charge on any atom is 0.459 e. The number of urea groups is 1. The van der Waals surface area contributed by atoms with Crippen LogP contribution in [0.4, 0.5) is 16.2 Å². The zero-order valence-electron chi connectivity index (χ0n) is 10.1. The van der Waals surface area contributed by atoms with E-state index in [4.69, 9.17) is 0 Å². The van der Waals surface area contributed by atoms with Crippen molar-refractivity contribution in [3.05, 3.63) is 60.7 Å². The van der Waals surface area contributed by atoms with Crippen molar-refractivity contribution < 1.29 is 15.7 Å². The highest BCUT2D eigenvalue weighted by Gasteiger charge is 2.32. The molecule has 0 spiro atoms. The van der Waals surface area contributed by atoms with Crippen molar-refractivity contribution in [2.24, 2.45) is 0 Å². The number of primary amides is 1. The lowest BCUT2D eigenvalue weighted by Gasteiger charge is -2.23. The van der Waals surface area contributed by atoms with E-state index < -0.39 is 0 Å². The lowest BCUT2D eigenvalue weighted by molar-refractivity contribution is -0.556. The maximum absolute atomic E-state index is 11.6. The zero-order valence-corrected chi connectivity index (χ0v) is 10.1. The Balaban J connectivity index is 0.00000133. The van der Waals surface area contributed by atoms with Gasteiger partial charge in [-0.05, 0) is 24.3 Å². The molecular weight excluding hydrogens is 244 g/mol. The van der Waals surface area contributed by atoms with E-state index in [-0.39, 0.29) is 11.5 Å². The monoisotopic (exact) mass is 258 g/mol. The largest absolute Gasteiger partial charge is 0.870 e. The molecule has 0 aliphatic carbocycles. The SMILES string of the molecule is O=C1NN(c2ccccc2)N(c2ccccc2)[NH2+]1.[OH-]. The number of rotatable bonds is 2. The van der Waals surface area contributed by atoms with Gasteiger partial charge in [0.15, 0.2) is 0 Å². The molecule has 0 atom stereocenters. The van der Waals surface area contributed by atoms with Crippen molar-refractivity contribution in [1.82, 2.24) is 5.43 Å². The molecule has 0 unspecified atom stereocenters. The predicted octanol–water partition coefficient (Wildman–Crippen LogP) is 0.854. The second-order valence-corrected chi connectivity index (χ2v) is 3.93. The van der Waals surface area contributed by atoms with Gasteiger partial charge < -0.3 is 5.48 Å². The number of nitrogens with zero attached hydrogens (tertiary/aromatic N) is 2. The van der Waals surface area contributed by atoms with Crippen LogP contribution in [0, 0.1) is 0 Å². The summed E-state index contributed by atoms with van der Waals surface area (Å²) in [5.74, 6) is 0. The fraction of sp³-hybridized carbons (Fsp3) is 0. The van der Waals surface area contributed by atoms with Crippen LogP contribution in [-0.4, -0.2) is 11.5 Å². The molecule has 2 amide bonds. The fourth-order valence-corrected chi connectivity index (χ4v) is 1.88. The van der Waals surface area contributed by atoms with E-state index in [0.717, 1.165) is 11.4 Å². The van der Waals surface area contributed by atoms with Gasteiger partial charge in [0.2, 0.25) is 0 Å². The summed E-state index contributed by atoms with van der Waals surface area (Å²) in [6.45, 7) is 0. The van der Waals surface area contributed by atoms with Gasteiger partial charge in [-0.3, -0.25) is 0 Å². The van der Waals surface area contributed by atoms with Gasteiger partial charge in [-0.25, -0.2) is 4.79 Å². The van der Waals surface area contributed by atoms with Gasteiger partial charge in [0, 0.05) is 0 Å². The van der Waals surface area contributed by atoms with E-state index in [2.05, 4.69) is 5.43 Å². The van der Waals surface area contributed by atoms with Gasteiger partial charge >= 0.3 is 6.03 Å². The molecule has 1 fully saturated rings. The molecule has 2 aromatic carbocycles. The van der Waals surface area contributed by atoms with Gasteiger partial charge in [0.05, 0.1) is 5.69 Å². The molecule has 1 saturated heterocycles. The molecule has 0 bridgehead atoms. The van der Waals surface area contributed by atoms with Crippen molar-refractivity contribution in [3.63, 3.8) is 0 Å². The number of benzene rings is 2. The molecular formula is C13H14N4O2. The van der Waals surface area contributed by atoms with Gasteiger partial charge in [-0.1, -0.05) is 36.4 Å². The maximum atomic E-state index is 11.6. The number of nitrogens with two attached hydrogens (primary N) is 1. The van der Waals surface area contributed by atoms with E-state index >= 15 is 0 Å². The highest BCUT2D eigenvalue weighted by atomic mass is 16.2. The van der Waals surface area contributed by atoms with Crippen molar-refractivity contribution in [1.29, 1.82) is 0 Å². The predicted molar refractivity (Wildman–Crippen MR) is 70.2 cm³/mol. The number of hydrazine groups is 2. The summed E-state index contributed by atoms with van der Waals surface area (Å²) in [7, 11) is 0. The number of anilines is 2. The Kier molecular flexibility index (Phi) is 3.65. The lowest BCUT2D eigenvalue weighted by atomic mass is 10.3. The third-order valence-corrected chi connectivity index (χ3v) is 2.69. The van der Waals surface area contributed by atoms with Crippen LogP contribution in [-0.2, 0) is 0 Å². The molecule has 0 saturated carbocycles. The third-order valence-electron chi connectivity index (χ3n) is 2.69. The summed E-state index contributed by atoms with van der Waals surface area (Å²) in [4.78, 5) is 11.6. The molecule has 6 heteroatoms. The van der Waals surface area contributed by atoms with Crippen LogP contribution in [0.3, 0.4) is 0 Å². The molecule has 98 valence electrons. The molecule has 4 N–H and O–H groups in total. The van der Waals surface area contributed by atoms with E-state index in [1.165, 1.54) is 5.43 Å². The third kappa shape index (κ3) is 2.49. The molecule has 1 heterocycles. The Bertz CT molecular complexity index is 498. The number of para-hydroxylation sites is 2. The smallest absolute Gasteiger partial charge is 0.459 e. The van der Waals surface area contributed by atoms with Crippen LogP contribution in [0.15, 0.2) is 60.7 Å². The first kappa shape index (κ1) is 12.9. The minimum Gasteiger partial charge on any atom is -0.870 e. The lowest BCUT2D eigenvalue weighted by Crippen LogP contribution is -2.95. The number of hydrogen-bond donors (Lipinski definition) is 2. The molecule has 19 heavy (non-hydrogen) atoms. The number of nitrogens with one attached hydrogen (secondary N) is 1. The van der Waals surface area contributed by atoms with Crippen molar-refractivity contribution in [2.45, 2.75) is 0 Å². The molecule has 0 radical (unpaired) electrons. The first-order valence-electron chi connectivity index (χ1n) is 5.69. The Labute approximate surface area is 110 Å². The van der Waals surface area contributed by atoms with E-state index in [1.807, 2.05) is 60.7 Å². The zero-order chi connectivity index (χ0) is 12.4. The fourth-order valence-electron chi connectivity index (χ4n) is 1.88. The average molecular weight is 258 g/mol. The molecule has 0 aromatic heterocycles. The topological polar surface area (TPSA) is 82.2 Å². The molecule has 6 nitrogen and oxygen atoms in total. The summed E-state index contributed by atoms with van der Waals surface area (Å²) in [6, 6.07) is 19.3. The normalized spacial score (nSPS) is 14.0. The number of quaternary nitrogens is 1. The van der Waals surface area contributed by atoms with Crippen LogP contribution in [0.5, 0.6) is 0 Å². The minimum absolute atomic E-state index is 0. The molecule has 2 aromatic rings. The first-order valence-corrected chi connectivity index (χ1v) is 5.69. The Morgan fingerprint density at radius 2 is 1.37 bits per heavy atom. The number of carbonyl (C=O) groups is 1. The second kappa shape index (κ2) is 5.38. The molecule has 3 rings (SSSR count). The quantitative estimate of drug-likeness (QED) is 0.782. The summed E-state index contributed by atoms with van der Waals surface area (Å²) in [5.41, 5.74) is 6.15. The minimum atomic E-state index is -0.136. The highest BCUT2D eigenvalue weighted by Crippen LogP contribution is 2.18. The summed E-state index contributed by atoms with van der Waals surface area (Å²) in [6.07, 6.45) is 0. The van der Waals surface area contributed by atoms with Crippen LogP contribution in [0.25, 0.3) is 0 Å². The standard InChI is InChI=1S/C13H12N4O.H2O/c18-13-14-16(11-7-3-1-4-8-11)17(15-13)12-9-5-2-6-10-12;/h1-10H,(H2,14,15,18);1H2. The Morgan fingerprint density at radius 3 is 1.95 bits per heavy atom. The molecule has 1 aliphatic heterocycles. The van der Waals surface area contributed by atoms with Crippen LogP contribution < -0.4 is 21.1 Å². The van der Waals surface area contributed by atoms with Crippen molar-refractivity contribution in [2.75, 3.05) is 10.2 Å². The van der Waals surface area contributed by atoms with Gasteiger partial charge in [0.1, 0.15) is 5.69 Å². The van der Waals surface area contributed by atoms with E-state index in [1.54, 1.807) is 10.2 Å². The summed E-state index contributed by atoms with van der Waals surface area (Å²) < 4.78 is 0. The number of hydrogen-bond acceptors (Lipinski definition) is 4. The van der Waals surface area contributed by atoms with E-state index in [0.29, 0.717) is 0 Å². The molecule has 1 aliphatic rings. The second-order valence-electron chi connectivity index (χ2n) is 3.93.